The lowest BCUT2D eigenvalue weighted by Gasteiger charge is -2.43. The fourth-order valence-electron chi connectivity index (χ4n) is 5.97. The molecule has 15 nitrogen and oxygen atoms in total. The first kappa shape index (κ1) is 45.3. The van der Waals surface area contributed by atoms with Gasteiger partial charge in [0.15, 0.2) is 28.5 Å². The van der Waals surface area contributed by atoms with Crippen LogP contribution in [0.15, 0.2) is 57.2 Å². The second-order valence-corrected chi connectivity index (χ2v) is 29.1. The summed E-state index contributed by atoms with van der Waals surface area (Å²) < 4.78 is 59.7. The lowest BCUT2D eigenvalue weighted by Crippen LogP contribution is -2.59. The highest BCUT2D eigenvalue weighted by Gasteiger charge is 2.67. The summed E-state index contributed by atoms with van der Waals surface area (Å²) in [6.07, 6.45) is -2.62. The number of nitrogens with two attached hydrogens (primary N) is 1. The molecule has 4 rings (SSSR count). The SMILES string of the molecule is Cc1cn([C@@H]2O[C@H](CO[Si](C)(C)C(C)(C)C)C3(OS(=O)(=O)C=C3N)[C@H]2O[Si](C)(C)C(C)(C)C)c(=O)n(CC(=O)N[C@H](C(=O)OCc2ccccc2)C(C)C)c1=O. The van der Waals surface area contributed by atoms with Crippen LogP contribution in [0, 0.1) is 12.8 Å². The van der Waals surface area contributed by atoms with Gasteiger partial charge in [-0.05, 0) is 54.7 Å². The average molecular weight is 837 g/mol. The molecule has 56 heavy (non-hydrogen) atoms. The Hall–Kier alpha value is -3.40. The van der Waals surface area contributed by atoms with Gasteiger partial charge in [0.2, 0.25) is 5.91 Å². The van der Waals surface area contributed by atoms with Crippen LogP contribution < -0.4 is 22.3 Å². The van der Waals surface area contributed by atoms with Crippen LogP contribution in [-0.2, 0) is 55.4 Å². The molecule has 2 aliphatic heterocycles. The molecule has 1 spiro atoms. The summed E-state index contributed by atoms with van der Waals surface area (Å²) in [6.45, 7) is 24.2. The van der Waals surface area contributed by atoms with Crippen LogP contribution in [0.2, 0.25) is 36.3 Å². The number of carbonyl (C=O) groups excluding carboxylic acids is 2. The van der Waals surface area contributed by atoms with E-state index in [1.165, 1.54) is 13.1 Å². The Labute approximate surface area is 332 Å². The molecule has 2 aliphatic rings. The molecule has 0 saturated carbocycles. The molecule has 1 saturated heterocycles. The number of benzene rings is 1. The molecule has 18 heteroatoms. The second kappa shape index (κ2) is 16.1. The van der Waals surface area contributed by atoms with Crippen molar-refractivity contribution in [3.8, 4) is 0 Å². The zero-order valence-corrected chi connectivity index (χ0v) is 37.7. The summed E-state index contributed by atoms with van der Waals surface area (Å²) in [5.41, 5.74) is 3.62. The van der Waals surface area contributed by atoms with E-state index in [-0.39, 0.29) is 29.5 Å². The number of carbonyl (C=O) groups is 2. The molecular formula is C38H60N4O11SSi2. The lowest BCUT2D eigenvalue weighted by atomic mass is 9.89. The normalized spacial score (nSPS) is 23.3. The number of aromatic nitrogens is 2. The minimum absolute atomic E-state index is 0.00551. The molecule has 1 unspecified atom stereocenters. The van der Waals surface area contributed by atoms with E-state index in [1.54, 1.807) is 26.0 Å². The summed E-state index contributed by atoms with van der Waals surface area (Å²) in [7, 11) is -9.66. The number of hydrogen-bond acceptors (Lipinski definition) is 12. The van der Waals surface area contributed by atoms with Gasteiger partial charge in [-0.15, -0.1) is 0 Å². The van der Waals surface area contributed by atoms with Crippen molar-refractivity contribution in [1.29, 1.82) is 0 Å². The van der Waals surface area contributed by atoms with E-state index in [9.17, 15) is 27.6 Å². The third-order valence-corrected chi connectivity index (χ3v) is 21.5. The summed E-state index contributed by atoms with van der Waals surface area (Å²) >= 11 is 0. The van der Waals surface area contributed by atoms with Gasteiger partial charge in [-0.25, -0.2) is 13.8 Å². The Morgan fingerprint density at radius 3 is 2.11 bits per heavy atom. The number of nitrogens with zero attached hydrogens (tertiary/aromatic N) is 2. The average Bonchev–Trinajstić information content (AvgIpc) is 3.50. The van der Waals surface area contributed by atoms with E-state index in [1.807, 2.05) is 65.2 Å². The zero-order valence-electron chi connectivity index (χ0n) is 34.9. The molecule has 0 radical (unpaired) electrons. The Kier molecular flexibility index (Phi) is 13.0. The van der Waals surface area contributed by atoms with Gasteiger partial charge in [-0.1, -0.05) is 85.7 Å². The predicted molar refractivity (Wildman–Crippen MR) is 217 cm³/mol. The Balaban J connectivity index is 1.78. The predicted octanol–water partition coefficient (Wildman–Crippen LogP) is 4.41. The van der Waals surface area contributed by atoms with Crippen LogP contribution in [0.1, 0.15) is 72.7 Å². The fourth-order valence-corrected chi connectivity index (χ4v) is 9.48. The summed E-state index contributed by atoms with van der Waals surface area (Å²) in [5.74, 6) is -1.85. The van der Waals surface area contributed by atoms with Crippen molar-refractivity contribution in [3.63, 3.8) is 0 Å². The topological polar surface area (TPSA) is 196 Å². The van der Waals surface area contributed by atoms with Crippen molar-refractivity contribution in [2.45, 2.75) is 142 Å². The minimum atomic E-state index is -4.34. The summed E-state index contributed by atoms with van der Waals surface area (Å²) in [5, 5.41) is 2.83. The quantitative estimate of drug-likeness (QED) is 0.164. The number of amides is 1. The Morgan fingerprint density at radius 2 is 1.59 bits per heavy atom. The van der Waals surface area contributed by atoms with Crippen molar-refractivity contribution in [1.82, 2.24) is 14.5 Å². The molecule has 312 valence electrons. The first-order valence-electron chi connectivity index (χ1n) is 18.8. The molecule has 1 aromatic heterocycles. The van der Waals surface area contributed by atoms with Crippen molar-refractivity contribution >= 4 is 38.6 Å². The van der Waals surface area contributed by atoms with Crippen molar-refractivity contribution in [2.75, 3.05) is 6.61 Å². The van der Waals surface area contributed by atoms with E-state index in [0.717, 1.165) is 20.1 Å². The molecule has 3 N–H and O–H groups in total. The largest absolute Gasteiger partial charge is 0.459 e. The van der Waals surface area contributed by atoms with E-state index in [0.29, 0.717) is 0 Å². The Bertz CT molecular complexity index is 2050. The molecule has 0 bridgehead atoms. The monoisotopic (exact) mass is 836 g/mol. The van der Waals surface area contributed by atoms with Gasteiger partial charge < -0.3 is 29.4 Å². The second-order valence-electron chi connectivity index (χ2n) is 18.1. The number of rotatable bonds is 13. The molecule has 1 aromatic carbocycles. The summed E-state index contributed by atoms with van der Waals surface area (Å²) in [6, 6.07) is 7.99. The molecule has 1 amide bonds. The van der Waals surface area contributed by atoms with Gasteiger partial charge in [0.25, 0.3) is 15.7 Å². The molecule has 3 heterocycles. The van der Waals surface area contributed by atoms with Gasteiger partial charge in [0.05, 0.1) is 17.7 Å². The Morgan fingerprint density at radius 1 is 1.00 bits per heavy atom. The third-order valence-electron chi connectivity index (χ3n) is 11.5. The van der Waals surface area contributed by atoms with Gasteiger partial charge >= 0.3 is 11.7 Å². The van der Waals surface area contributed by atoms with Gasteiger partial charge in [-0.2, -0.15) is 8.42 Å². The van der Waals surface area contributed by atoms with Gasteiger partial charge in [-0.3, -0.25) is 18.7 Å². The van der Waals surface area contributed by atoms with Crippen molar-refractivity contribution < 1.29 is 40.5 Å². The number of aryl methyl sites for hydroxylation is 1. The number of ether oxygens (including phenoxy) is 2. The molecule has 5 atom stereocenters. The number of esters is 1. The van der Waals surface area contributed by atoms with Crippen LogP contribution >= 0.6 is 0 Å². The number of hydrogen-bond donors (Lipinski definition) is 2. The maximum atomic E-state index is 14.5. The molecular weight excluding hydrogens is 777 g/mol. The fraction of sp³-hybridized carbons (Fsp3) is 0.632. The summed E-state index contributed by atoms with van der Waals surface area (Å²) in [4.78, 5) is 54.7. The maximum absolute atomic E-state index is 14.5. The van der Waals surface area contributed by atoms with Crippen molar-refractivity contribution in [3.05, 3.63) is 79.6 Å². The van der Waals surface area contributed by atoms with Crippen LogP contribution in [0.25, 0.3) is 0 Å². The van der Waals surface area contributed by atoms with E-state index >= 15 is 0 Å². The smallest absolute Gasteiger partial charge is 0.333 e. The molecule has 1 fully saturated rings. The minimum Gasteiger partial charge on any atom is -0.459 e. The lowest BCUT2D eigenvalue weighted by molar-refractivity contribution is -0.150. The van der Waals surface area contributed by atoms with Crippen LogP contribution in [-0.4, -0.2) is 76.5 Å². The highest BCUT2D eigenvalue weighted by Crippen LogP contribution is 2.52. The zero-order chi connectivity index (χ0) is 42.4. The van der Waals surface area contributed by atoms with Crippen LogP contribution in [0.3, 0.4) is 0 Å². The van der Waals surface area contributed by atoms with Gasteiger partial charge in [0.1, 0.15) is 31.4 Å². The van der Waals surface area contributed by atoms with Crippen LogP contribution in [0.5, 0.6) is 0 Å². The highest BCUT2D eigenvalue weighted by atomic mass is 32.2. The van der Waals surface area contributed by atoms with E-state index in [2.05, 4.69) is 26.1 Å². The molecule has 0 aliphatic carbocycles. The van der Waals surface area contributed by atoms with Gasteiger partial charge in [0, 0.05) is 11.8 Å². The molecule has 2 aromatic rings. The van der Waals surface area contributed by atoms with E-state index < -0.39 is 97.5 Å². The van der Waals surface area contributed by atoms with Crippen LogP contribution in [0.4, 0.5) is 0 Å². The first-order chi connectivity index (χ1) is 25.5. The number of nitrogens with one attached hydrogen (secondary N) is 1. The highest BCUT2D eigenvalue weighted by molar-refractivity contribution is 7.90. The maximum Gasteiger partial charge on any atom is 0.333 e. The van der Waals surface area contributed by atoms with Crippen molar-refractivity contribution in [2.24, 2.45) is 11.7 Å². The standard InChI is InChI=1S/C38H60N4O11SSi2/c1-24(2)30(34(45)49-21-26-17-15-14-16-18-26)40-29(43)20-41-32(44)25(3)19-42(35(41)46)33-31(52-56(12,13)37(7,8)9)38(27(39)23-54(47,48)53-38)28(51-33)22-50-55(10,11)36(4,5)6/h14-19,23-24,28,30-31,33H,20-22,39H2,1-13H3,(H,40,43)/t28-,30+,31+,33-,38?/m1/s1. The van der Waals surface area contributed by atoms with E-state index in [4.69, 9.17) is 28.2 Å². The first-order valence-corrected chi connectivity index (χ1v) is 26.1. The third kappa shape index (κ3) is 9.32.